The standard InChI is InChI=1S/C24H21FN2O5/c1-26(2)15-7-9-16(10-8-15)27-21(19-5-4-12-32-19)20(23(29)24(27)30)22(28)17-13-14(25)6-11-18(17)31-3/h4-13,21,28H,1-3H3/b22-20-. The fourth-order valence-corrected chi connectivity index (χ4v) is 3.74. The summed E-state index contributed by atoms with van der Waals surface area (Å²) in [5, 5.41) is 11.1. The Kier molecular flexibility index (Phi) is 5.44. The van der Waals surface area contributed by atoms with Crippen LogP contribution in [0, 0.1) is 5.82 Å². The highest BCUT2D eigenvalue weighted by molar-refractivity contribution is 6.51. The van der Waals surface area contributed by atoms with Crippen LogP contribution in [0.2, 0.25) is 0 Å². The average molecular weight is 436 g/mol. The van der Waals surface area contributed by atoms with E-state index < -0.39 is 29.3 Å². The molecule has 2 heterocycles. The van der Waals surface area contributed by atoms with Crippen LogP contribution in [-0.4, -0.2) is 38.0 Å². The number of ether oxygens (including phenoxy) is 1. The Morgan fingerprint density at radius 3 is 2.44 bits per heavy atom. The number of ketones is 1. The summed E-state index contributed by atoms with van der Waals surface area (Å²) in [7, 11) is 5.13. The number of carbonyl (C=O) groups excluding carboxylic acids is 2. The van der Waals surface area contributed by atoms with Crippen molar-refractivity contribution in [3.8, 4) is 5.75 Å². The average Bonchev–Trinajstić information content (AvgIpc) is 3.40. The number of hydrogen-bond acceptors (Lipinski definition) is 6. The highest BCUT2D eigenvalue weighted by Gasteiger charge is 2.48. The summed E-state index contributed by atoms with van der Waals surface area (Å²) in [5.74, 6) is -2.49. The number of rotatable bonds is 5. The summed E-state index contributed by atoms with van der Waals surface area (Å²) >= 11 is 0. The zero-order valence-electron chi connectivity index (χ0n) is 17.7. The summed E-state index contributed by atoms with van der Waals surface area (Å²) in [6.45, 7) is 0. The van der Waals surface area contributed by atoms with E-state index in [-0.39, 0.29) is 22.6 Å². The predicted molar refractivity (Wildman–Crippen MR) is 117 cm³/mol. The minimum Gasteiger partial charge on any atom is -0.507 e. The van der Waals surface area contributed by atoms with Crippen LogP contribution in [-0.2, 0) is 9.59 Å². The minimum atomic E-state index is -1.04. The lowest BCUT2D eigenvalue weighted by Crippen LogP contribution is -2.29. The van der Waals surface area contributed by atoms with Crippen molar-refractivity contribution >= 4 is 28.8 Å². The number of carbonyl (C=O) groups is 2. The third-order valence-corrected chi connectivity index (χ3v) is 5.32. The lowest BCUT2D eigenvalue weighted by molar-refractivity contribution is -0.132. The number of aliphatic hydroxyl groups is 1. The maximum Gasteiger partial charge on any atom is 0.300 e. The van der Waals surface area contributed by atoms with Crippen LogP contribution < -0.4 is 14.5 Å². The molecule has 0 saturated carbocycles. The number of furan rings is 1. The Hall–Kier alpha value is -4.07. The van der Waals surface area contributed by atoms with Gasteiger partial charge in [0, 0.05) is 25.5 Å². The molecule has 3 aromatic rings. The first-order chi connectivity index (χ1) is 15.3. The molecule has 1 unspecified atom stereocenters. The minimum absolute atomic E-state index is 0.0370. The smallest absolute Gasteiger partial charge is 0.300 e. The predicted octanol–water partition coefficient (Wildman–Crippen LogP) is 4.12. The number of aliphatic hydroxyl groups excluding tert-OH is 1. The molecule has 4 rings (SSSR count). The van der Waals surface area contributed by atoms with Crippen molar-refractivity contribution in [2.45, 2.75) is 6.04 Å². The quantitative estimate of drug-likeness (QED) is 0.368. The molecule has 1 N–H and O–H groups in total. The second-order valence-electron chi connectivity index (χ2n) is 7.44. The summed E-state index contributed by atoms with van der Waals surface area (Å²) in [4.78, 5) is 29.3. The molecule has 1 saturated heterocycles. The van der Waals surface area contributed by atoms with Crippen molar-refractivity contribution in [2.24, 2.45) is 0 Å². The molecule has 1 aromatic heterocycles. The van der Waals surface area contributed by atoms with Crippen molar-refractivity contribution in [1.82, 2.24) is 0 Å². The van der Waals surface area contributed by atoms with E-state index in [2.05, 4.69) is 0 Å². The summed E-state index contributed by atoms with van der Waals surface area (Å²) in [6.07, 6.45) is 1.41. The van der Waals surface area contributed by atoms with E-state index in [9.17, 15) is 19.1 Å². The molecule has 32 heavy (non-hydrogen) atoms. The summed E-state index contributed by atoms with van der Waals surface area (Å²) < 4.78 is 24.7. The third-order valence-electron chi connectivity index (χ3n) is 5.32. The first kappa shape index (κ1) is 21.2. The second kappa shape index (κ2) is 8.22. The van der Waals surface area contributed by atoms with Crippen LogP contribution in [0.3, 0.4) is 0 Å². The maximum atomic E-state index is 13.9. The van der Waals surface area contributed by atoms with Crippen LogP contribution >= 0.6 is 0 Å². The van der Waals surface area contributed by atoms with Gasteiger partial charge in [0.25, 0.3) is 11.7 Å². The van der Waals surface area contributed by atoms with Gasteiger partial charge in [-0.3, -0.25) is 14.5 Å². The van der Waals surface area contributed by atoms with Gasteiger partial charge in [-0.25, -0.2) is 4.39 Å². The van der Waals surface area contributed by atoms with Crippen LogP contribution in [0.5, 0.6) is 5.75 Å². The topological polar surface area (TPSA) is 83.2 Å². The summed E-state index contributed by atoms with van der Waals surface area (Å²) in [6, 6.07) is 12.8. The number of methoxy groups -OCH3 is 1. The second-order valence-corrected chi connectivity index (χ2v) is 7.44. The van der Waals surface area contributed by atoms with Crippen molar-refractivity contribution < 1.29 is 28.2 Å². The van der Waals surface area contributed by atoms with Crippen molar-refractivity contribution in [3.63, 3.8) is 0 Å². The van der Waals surface area contributed by atoms with Crippen LogP contribution in [0.4, 0.5) is 15.8 Å². The lowest BCUT2D eigenvalue weighted by atomic mass is 9.98. The number of Topliss-reactive ketones (excluding diaryl/α,β-unsaturated/α-hetero) is 1. The first-order valence-corrected chi connectivity index (χ1v) is 9.79. The molecule has 1 amide bonds. The van der Waals surface area contributed by atoms with Gasteiger partial charge in [-0.1, -0.05) is 0 Å². The van der Waals surface area contributed by atoms with E-state index in [1.165, 1.54) is 30.4 Å². The molecule has 8 heteroatoms. The van der Waals surface area contributed by atoms with Gasteiger partial charge in [0.1, 0.15) is 29.1 Å². The van der Waals surface area contributed by atoms with E-state index in [1.54, 1.807) is 24.3 Å². The number of amides is 1. The summed E-state index contributed by atoms with van der Waals surface area (Å²) in [5.41, 5.74) is 1.10. The normalized spacial score (nSPS) is 17.6. The Labute approximate surface area is 183 Å². The molecule has 164 valence electrons. The molecule has 2 aromatic carbocycles. The fraction of sp³-hybridized carbons (Fsp3) is 0.167. The zero-order chi connectivity index (χ0) is 23.0. The molecule has 1 aliphatic rings. The molecule has 1 atom stereocenters. The number of benzene rings is 2. The molecule has 0 bridgehead atoms. The zero-order valence-corrected chi connectivity index (χ0v) is 17.7. The monoisotopic (exact) mass is 436 g/mol. The third kappa shape index (κ3) is 3.49. The van der Waals surface area contributed by atoms with Gasteiger partial charge >= 0.3 is 0 Å². The van der Waals surface area contributed by atoms with Crippen LogP contribution in [0.15, 0.2) is 70.9 Å². The van der Waals surface area contributed by atoms with E-state index in [0.717, 1.165) is 11.8 Å². The molecule has 0 aliphatic carbocycles. The van der Waals surface area contributed by atoms with Crippen LogP contribution in [0.1, 0.15) is 17.4 Å². The number of nitrogens with zero attached hydrogens (tertiary/aromatic N) is 2. The van der Waals surface area contributed by atoms with E-state index in [1.807, 2.05) is 31.1 Å². The highest BCUT2D eigenvalue weighted by atomic mass is 19.1. The molecule has 1 aliphatic heterocycles. The number of hydrogen-bond donors (Lipinski definition) is 1. The van der Waals surface area contributed by atoms with Gasteiger partial charge in [-0.15, -0.1) is 0 Å². The van der Waals surface area contributed by atoms with Crippen LogP contribution in [0.25, 0.3) is 5.76 Å². The van der Waals surface area contributed by atoms with E-state index in [4.69, 9.17) is 9.15 Å². The molecular formula is C24H21FN2O5. The molecule has 0 radical (unpaired) electrons. The van der Waals surface area contributed by atoms with E-state index >= 15 is 0 Å². The van der Waals surface area contributed by atoms with Gasteiger partial charge in [-0.2, -0.15) is 0 Å². The Morgan fingerprint density at radius 1 is 1.12 bits per heavy atom. The van der Waals surface area contributed by atoms with E-state index in [0.29, 0.717) is 5.69 Å². The van der Waals surface area contributed by atoms with Crippen molar-refractivity contribution in [3.05, 3.63) is 83.6 Å². The molecular weight excluding hydrogens is 415 g/mol. The molecule has 1 fully saturated rings. The van der Waals surface area contributed by atoms with Gasteiger partial charge in [0.15, 0.2) is 0 Å². The Bertz CT molecular complexity index is 1200. The molecule has 0 spiro atoms. The van der Waals surface area contributed by atoms with Gasteiger partial charge in [-0.05, 0) is 54.6 Å². The number of anilines is 2. The highest BCUT2D eigenvalue weighted by Crippen LogP contribution is 2.43. The van der Waals surface area contributed by atoms with Gasteiger partial charge in [0.2, 0.25) is 0 Å². The first-order valence-electron chi connectivity index (χ1n) is 9.79. The Morgan fingerprint density at radius 2 is 1.84 bits per heavy atom. The van der Waals surface area contributed by atoms with Crippen molar-refractivity contribution in [2.75, 3.05) is 31.0 Å². The largest absolute Gasteiger partial charge is 0.507 e. The SMILES string of the molecule is COc1ccc(F)cc1/C(O)=C1/C(=O)C(=O)N(c2ccc(N(C)C)cc2)C1c1ccco1. The molecule has 7 nitrogen and oxygen atoms in total. The fourth-order valence-electron chi connectivity index (χ4n) is 3.74. The maximum absolute atomic E-state index is 13.9. The number of halogens is 1. The van der Waals surface area contributed by atoms with Gasteiger partial charge in [0.05, 0.1) is 24.5 Å². The Balaban J connectivity index is 1.91. The van der Waals surface area contributed by atoms with Crippen molar-refractivity contribution in [1.29, 1.82) is 0 Å². The lowest BCUT2D eigenvalue weighted by Gasteiger charge is -2.24. The van der Waals surface area contributed by atoms with Gasteiger partial charge < -0.3 is 19.2 Å².